The minimum atomic E-state index is 0.309. The van der Waals surface area contributed by atoms with E-state index in [1.54, 1.807) is 0 Å². The van der Waals surface area contributed by atoms with Crippen LogP contribution in [0.15, 0.2) is 24.3 Å². The summed E-state index contributed by atoms with van der Waals surface area (Å²) in [5.41, 5.74) is 2.75. The minimum absolute atomic E-state index is 0.309. The summed E-state index contributed by atoms with van der Waals surface area (Å²) in [7, 11) is 0. The van der Waals surface area contributed by atoms with Crippen molar-refractivity contribution in [2.24, 2.45) is 5.92 Å². The molecule has 1 heterocycles. The smallest absolute Gasteiger partial charge is 0.0476 e. The number of para-hydroxylation sites is 1. The van der Waals surface area contributed by atoms with Crippen LogP contribution in [0, 0.1) is 5.92 Å². The minimum Gasteiger partial charge on any atom is -0.396 e. The summed E-state index contributed by atoms with van der Waals surface area (Å²) >= 11 is 0. The molecule has 2 N–H and O–H groups in total. The highest BCUT2D eigenvalue weighted by atomic mass is 16.3. The van der Waals surface area contributed by atoms with Gasteiger partial charge in [-0.1, -0.05) is 32.0 Å². The topological polar surface area (TPSA) is 35.5 Å². The molecule has 0 spiro atoms. The highest BCUT2D eigenvalue weighted by Gasteiger charge is 2.24. The maximum Gasteiger partial charge on any atom is 0.0476 e. The van der Waals surface area contributed by atoms with E-state index in [0.29, 0.717) is 18.6 Å². The molecule has 0 saturated carbocycles. The summed E-state index contributed by atoms with van der Waals surface area (Å²) in [6.07, 6.45) is 3.37. The van der Waals surface area contributed by atoms with Gasteiger partial charge >= 0.3 is 0 Å². The molecule has 0 aromatic heterocycles. The highest BCUT2D eigenvalue weighted by Crippen LogP contribution is 2.31. The van der Waals surface area contributed by atoms with Crippen LogP contribution >= 0.6 is 0 Å². The van der Waals surface area contributed by atoms with Crippen LogP contribution in [-0.2, 0) is 0 Å². The lowest BCUT2D eigenvalue weighted by atomic mass is 10.0. The summed E-state index contributed by atoms with van der Waals surface area (Å²) in [6.45, 7) is 7.86. The molecule has 20 heavy (non-hydrogen) atoms. The number of aliphatic hydroxyl groups is 1. The van der Waals surface area contributed by atoms with Crippen LogP contribution in [0.25, 0.3) is 0 Å². The molecule has 1 aliphatic rings. The molecule has 2 atom stereocenters. The van der Waals surface area contributed by atoms with Crippen molar-refractivity contribution in [2.75, 3.05) is 31.1 Å². The van der Waals surface area contributed by atoms with Crippen LogP contribution in [0.4, 0.5) is 5.69 Å². The number of nitrogens with one attached hydrogen (secondary N) is 1. The fourth-order valence-corrected chi connectivity index (χ4v) is 3.06. The molecule has 1 saturated heterocycles. The van der Waals surface area contributed by atoms with E-state index in [4.69, 9.17) is 0 Å². The van der Waals surface area contributed by atoms with Gasteiger partial charge in [-0.15, -0.1) is 0 Å². The number of hydrogen-bond donors (Lipinski definition) is 2. The van der Waals surface area contributed by atoms with Gasteiger partial charge in [0.05, 0.1) is 0 Å². The van der Waals surface area contributed by atoms with Gasteiger partial charge in [-0.3, -0.25) is 0 Å². The average molecular weight is 276 g/mol. The molecule has 1 aromatic rings. The zero-order valence-corrected chi connectivity index (χ0v) is 12.8. The molecule has 0 aliphatic carbocycles. The number of hydrogen-bond acceptors (Lipinski definition) is 3. The Labute approximate surface area is 123 Å². The summed E-state index contributed by atoms with van der Waals surface area (Å²) in [5, 5.41) is 13.0. The second-order valence-corrected chi connectivity index (χ2v) is 5.76. The Hall–Kier alpha value is -1.06. The van der Waals surface area contributed by atoms with Crippen molar-refractivity contribution in [3.8, 4) is 0 Å². The largest absolute Gasteiger partial charge is 0.396 e. The lowest BCUT2D eigenvalue weighted by molar-refractivity contribution is 0.238. The van der Waals surface area contributed by atoms with Gasteiger partial charge in [0, 0.05) is 37.3 Å². The van der Waals surface area contributed by atoms with Crippen molar-refractivity contribution < 1.29 is 5.11 Å². The lowest BCUT2D eigenvalue weighted by Gasteiger charge is -2.26. The van der Waals surface area contributed by atoms with Gasteiger partial charge in [0.1, 0.15) is 0 Å². The molecule has 0 amide bonds. The summed E-state index contributed by atoms with van der Waals surface area (Å²) in [4.78, 5) is 2.44. The Morgan fingerprint density at radius 3 is 2.80 bits per heavy atom. The SMILES string of the molecule is CCCNC(CC)c1ccccc1N1CCC(CO)C1. The fraction of sp³-hybridized carbons (Fsp3) is 0.647. The Balaban J connectivity index is 2.17. The lowest BCUT2D eigenvalue weighted by Crippen LogP contribution is -2.26. The first-order valence-corrected chi connectivity index (χ1v) is 7.98. The number of anilines is 1. The third kappa shape index (κ3) is 3.53. The van der Waals surface area contributed by atoms with Gasteiger partial charge < -0.3 is 15.3 Å². The molecule has 1 fully saturated rings. The summed E-state index contributed by atoms with van der Waals surface area (Å²) in [6, 6.07) is 9.16. The number of nitrogens with zero attached hydrogens (tertiary/aromatic N) is 1. The van der Waals surface area contributed by atoms with E-state index in [2.05, 4.69) is 48.3 Å². The molecule has 1 aromatic carbocycles. The number of aliphatic hydroxyl groups excluding tert-OH is 1. The van der Waals surface area contributed by atoms with Crippen molar-refractivity contribution in [1.82, 2.24) is 5.32 Å². The molecule has 3 nitrogen and oxygen atoms in total. The fourth-order valence-electron chi connectivity index (χ4n) is 3.06. The predicted octanol–water partition coefficient (Wildman–Crippen LogP) is 2.96. The van der Waals surface area contributed by atoms with Crippen molar-refractivity contribution in [3.05, 3.63) is 29.8 Å². The molecule has 112 valence electrons. The molecule has 2 rings (SSSR count). The second kappa shape index (κ2) is 7.65. The molecular formula is C17H28N2O. The third-order valence-corrected chi connectivity index (χ3v) is 4.25. The quantitative estimate of drug-likeness (QED) is 0.804. The van der Waals surface area contributed by atoms with E-state index in [1.165, 1.54) is 11.3 Å². The van der Waals surface area contributed by atoms with Crippen LogP contribution < -0.4 is 10.2 Å². The Kier molecular flexibility index (Phi) is 5.86. The maximum atomic E-state index is 9.33. The molecule has 3 heteroatoms. The first kappa shape index (κ1) is 15.3. The Morgan fingerprint density at radius 2 is 2.15 bits per heavy atom. The average Bonchev–Trinajstić information content (AvgIpc) is 2.97. The molecule has 0 radical (unpaired) electrons. The predicted molar refractivity (Wildman–Crippen MR) is 85.2 cm³/mol. The van der Waals surface area contributed by atoms with Gasteiger partial charge in [0.15, 0.2) is 0 Å². The van der Waals surface area contributed by atoms with Crippen LogP contribution in [0.1, 0.15) is 44.7 Å². The normalized spacial score (nSPS) is 20.4. The van der Waals surface area contributed by atoms with E-state index in [-0.39, 0.29) is 0 Å². The van der Waals surface area contributed by atoms with Gasteiger partial charge in [0.25, 0.3) is 0 Å². The van der Waals surface area contributed by atoms with Crippen LogP contribution in [-0.4, -0.2) is 31.3 Å². The van der Waals surface area contributed by atoms with Gasteiger partial charge in [-0.05, 0) is 37.4 Å². The monoisotopic (exact) mass is 276 g/mol. The van der Waals surface area contributed by atoms with E-state index >= 15 is 0 Å². The standard InChI is InChI=1S/C17H28N2O/c1-3-10-18-16(4-2)15-7-5-6-8-17(15)19-11-9-14(12-19)13-20/h5-8,14,16,18,20H,3-4,9-13H2,1-2H3. The third-order valence-electron chi connectivity index (χ3n) is 4.25. The Bertz CT molecular complexity index is 387. The van der Waals surface area contributed by atoms with E-state index in [0.717, 1.165) is 38.9 Å². The van der Waals surface area contributed by atoms with E-state index in [1.807, 2.05) is 0 Å². The van der Waals surface area contributed by atoms with Crippen molar-refractivity contribution in [3.63, 3.8) is 0 Å². The maximum absolute atomic E-state index is 9.33. The van der Waals surface area contributed by atoms with Crippen molar-refractivity contribution in [2.45, 2.75) is 39.2 Å². The Morgan fingerprint density at radius 1 is 1.35 bits per heavy atom. The summed E-state index contributed by atoms with van der Waals surface area (Å²) in [5.74, 6) is 0.437. The molecular weight excluding hydrogens is 248 g/mol. The zero-order chi connectivity index (χ0) is 14.4. The number of benzene rings is 1. The van der Waals surface area contributed by atoms with Crippen molar-refractivity contribution in [1.29, 1.82) is 0 Å². The van der Waals surface area contributed by atoms with Gasteiger partial charge in [0.2, 0.25) is 0 Å². The van der Waals surface area contributed by atoms with Crippen LogP contribution in [0.5, 0.6) is 0 Å². The highest BCUT2D eigenvalue weighted by molar-refractivity contribution is 5.55. The van der Waals surface area contributed by atoms with E-state index < -0.39 is 0 Å². The van der Waals surface area contributed by atoms with Gasteiger partial charge in [-0.25, -0.2) is 0 Å². The van der Waals surface area contributed by atoms with Crippen molar-refractivity contribution >= 4 is 5.69 Å². The number of rotatable bonds is 7. The summed E-state index contributed by atoms with van der Waals surface area (Å²) < 4.78 is 0. The van der Waals surface area contributed by atoms with E-state index in [9.17, 15) is 5.11 Å². The van der Waals surface area contributed by atoms with Crippen LogP contribution in [0.2, 0.25) is 0 Å². The zero-order valence-electron chi connectivity index (χ0n) is 12.8. The molecule has 1 aliphatic heterocycles. The first-order chi connectivity index (χ1) is 9.80. The second-order valence-electron chi connectivity index (χ2n) is 5.76. The first-order valence-electron chi connectivity index (χ1n) is 7.98. The molecule has 2 unspecified atom stereocenters. The molecule has 0 bridgehead atoms. The van der Waals surface area contributed by atoms with Gasteiger partial charge in [-0.2, -0.15) is 0 Å². The van der Waals surface area contributed by atoms with Crippen LogP contribution in [0.3, 0.4) is 0 Å².